The molecule has 1 heterocycles. The van der Waals surface area contributed by atoms with Crippen molar-refractivity contribution in [2.24, 2.45) is 21.8 Å². The van der Waals surface area contributed by atoms with E-state index in [2.05, 4.69) is 109 Å². The minimum absolute atomic E-state index is 0.0392. The zero-order valence-electron chi connectivity index (χ0n) is 42.4. The van der Waals surface area contributed by atoms with Crippen molar-refractivity contribution in [2.45, 2.75) is 117 Å². The number of fused-ring (bicyclic) bond motifs is 4. The van der Waals surface area contributed by atoms with Crippen molar-refractivity contribution in [3.63, 3.8) is 0 Å². The molecule has 0 saturated heterocycles. The second kappa shape index (κ2) is 26.5. The number of nitrogens with one attached hydrogen (secondary N) is 2. The van der Waals surface area contributed by atoms with Crippen molar-refractivity contribution in [1.29, 1.82) is 0 Å². The van der Waals surface area contributed by atoms with Gasteiger partial charge in [-0.2, -0.15) is 0 Å². The van der Waals surface area contributed by atoms with Crippen LogP contribution in [0.2, 0.25) is 0 Å². The fraction of sp³-hybridized carbons (Fsp3) is 0.322. The lowest BCUT2D eigenvalue weighted by molar-refractivity contribution is -0.143. The standard InChI is InChI=1S/C25H24N2O.C18H18O.C12H15N3O3.C2H6N2O.C2H6/c1-16-2-9-24(26-14-16)15-27-25(28)21-8-7-20-10-19-6-5-18(17-3-4-17)11-22(19)13-23(20)12-21;1-11-2-6-16-14(8-11)10-15-9-13(12-3-4-12)5-7-17(15)18(16)19;1-2-11(17)18-15-12(13)10-5-3-9(4-6-10)7-14-8-16;1-5-4-2-3;1-2/h2,5-9,11-12,14,17H,3-4,10,13,15H2,1H3,(H,27,28);2,5-9,12,18-19H,3-4,10H2,1H3;3-6,8H,2,7H2,1H3,(H2,13,15)(H,14,16);2H,1H3,(H2,3,4);1-2H3/t;18-;;;/m.1.../s1. The molecule has 2 amide bonds. The Kier molecular flexibility index (Phi) is 19.8. The van der Waals surface area contributed by atoms with E-state index in [4.69, 9.17) is 11.5 Å². The van der Waals surface area contributed by atoms with Crippen molar-refractivity contribution >= 4 is 30.5 Å². The maximum atomic E-state index is 12.6. The maximum absolute atomic E-state index is 12.6. The number of carbonyl (C=O) groups is 3. The molecule has 7 N–H and O–H groups in total. The number of hydrogen-bond donors (Lipinski definition) is 5. The smallest absolute Gasteiger partial charge is 0.334 e. The molecule has 0 bridgehead atoms. The van der Waals surface area contributed by atoms with Gasteiger partial charge in [-0.15, -0.1) is 0 Å². The lowest BCUT2D eigenvalue weighted by Crippen LogP contribution is -2.23. The first-order valence-electron chi connectivity index (χ1n) is 24.9. The normalized spacial score (nSPS) is 14.7. The van der Waals surface area contributed by atoms with Crippen LogP contribution in [0, 0.1) is 13.8 Å². The lowest BCUT2D eigenvalue weighted by atomic mass is 9.82. The number of aliphatic hydroxyl groups is 1. The predicted octanol–water partition coefficient (Wildman–Crippen LogP) is 9.62. The van der Waals surface area contributed by atoms with Crippen molar-refractivity contribution < 1.29 is 29.2 Å². The molecule has 0 unspecified atom stereocenters. The maximum Gasteiger partial charge on any atom is 0.334 e. The number of rotatable bonds is 12. The van der Waals surface area contributed by atoms with Gasteiger partial charge >= 0.3 is 5.97 Å². The molecule has 1 aromatic heterocycles. The minimum Gasteiger partial charge on any atom is -0.398 e. The van der Waals surface area contributed by atoms with Crippen LogP contribution >= 0.6 is 0 Å². The molecule has 2 saturated carbocycles. The van der Waals surface area contributed by atoms with Crippen molar-refractivity contribution in [2.75, 3.05) is 7.11 Å². The number of aromatic nitrogens is 1. The topological polar surface area (TPSA) is 204 Å². The molecule has 0 spiro atoms. The Labute approximate surface area is 424 Å². The monoisotopic (exact) mass is 972 g/mol. The highest BCUT2D eigenvalue weighted by molar-refractivity contribution is 5.97. The average Bonchev–Trinajstić information content (AvgIpc) is 4.35. The molecule has 72 heavy (non-hydrogen) atoms. The van der Waals surface area contributed by atoms with Gasteiger partial charge in [0.25, 0.3) is 5.91 Å². The number of benzene rings is 5. The van der Waals surface area contributed by atoms with E-state index in [9.17, 15) is 19.5 Å². The van der Waals surface area contributed by atoms with Gasteiger partial charge in [-0.25, -0.2) is 4.79 Å². The van der Waals surface area contributed by atoms with E-state index in [0.29, 0.717) is 25.1 Å². The Morgan fingerprint density at radius 1 is 0.722 bits per heavy atom. The van der Waals surface area contributed by atoms with Gasteiger partial charge in [0.2, 0.25) is 6.41 Å². The first-order valence-corrected chi connectivity index (χ1v) is 24.9. The summed E-state index contributed by atoms with van der Waals surface area (Å²) in [6, 6.07) is 37.2. The van der Waals surface area contributed by atoms with Crippen LogP contribution in [0.1, 0.15) is 165 Å². The summed E-state index contributed by atoms with van der Waals surface area (Å²) < 4.78 is 0. The number of amidine groups is 1. The summed E-state index contributed by atoms with van der Waals surface area (Å²) in [5, 5.41) is 22.7. The van der Waals surface area contributed by atoms with Gasteiger partial charge < -0.3 is 36.9 Å². The van der Waals surface area contributed by atoms with Crippen LogP contribution in [0.3, 0.4) is 0 Å². The van der Waals surface area contributed by atoms with Gasteiger partial charge in [-0.1, -0.05) is 128 Å². The molecule has 4 aliphatic carbocycles. The third-order valence-electron chi connectivity index (χ3n) is 12.7. The fourth-order valence-electron chi connectivity index (χ4n) is 8.52. The Morgan fingerprint density at radius 2 is 1.29 bits per heavy atom. The molecule has 0 radical (unpaired) electrons. The molecule has 0 aliphatic heterocycles. The number of amides is 2. The molecule has 2 fully saturated rings. The van der Waals surface area contributed by atoms with Crippen molar-refractivity contribution in [1.82, 2.24) is 15.6 Å². The summed E-state index contributed by atoms with van der Waals surface area (Å²) in [5.41, 5.74) is 29.1. The van der Waals surface area contributed by atoms with E-state index in [0.717, 1.165) is 70.9 Å². The van der Waals surface area contributed by atoms with Crippen LogP contribution in [0.5, 0.6) is 0 Å². The summed E-state index contributed by atoms with van der Waals surface area (Å²) in [7, 11) is 1.43. The lowest BCUT2D eigenvalue weighted by Gasteiger charge is -2.25. The van der Waals surface area contributed by atoms with Gasteiger partial charge in [-0.05, 0) is 156 Å². The molecular weight excluding hydrogens is 903 g/mol. The zero-order chi connectivity index (χ0) is 51.6. The van der Waals surface area contributed by atoms with Crippen molar-refractivity contribution in [3.8, 4) is 0 Å². The molecule has 4 aliphatic rings. The van der Waals surface area contributed by atoms with E-state index in [-0.39, 0.29) is 18.2 Å². The number of nitrogens with zero attached hydrogens (tertiary/aromatic N) is 3. The largest absolute Gasteiger partial charge is 0.398 e. The van der Waals surface area contributed by atoms with E-state index in [1.807, 2.05) is 45.2 Å². The molecule has 1 atom stereocenters. The number of hydrogen-bond acceptors (Lipinski definition) is 9. The molecule has 13 nitrogen and oxygen atoms in total. The highest BCUT2D eigenvalue weighted by Gasteiger charge is 2.28. The third kappa shape index (κ3) is 15.2. The Hall–Kier alpha value is -7.64. The van der Waals surface area contributed by atoms with Crippen LogP contribution in [0.15, 0.2) is 126 Å². The molecule has 5 aromatic carbocycles. The molecule has 376 valence electrons. The Morgan fingerprint density at radius 3 is 1.89 bits per heavy atom. The summed E-state index contributed by atoms with van der Waals surface area (Å²) in [5.74, 6) is 1.21. The highest BCUT2D eigenvalue weighted by atomic mass is 16.7. The number of oxime groups is 2. The first-order chi connectivity index (χ1) is 35.0. The van der Waals surface area contributed by atoms with Crippen LogP contribution in [-0.2, 0) is 51.6 Å². The van der Waals surface area contributed by atoms with Gasteiger partial charge in [0.1, 0.15) is 19.6 Å². The summed E-state index contributed by atoms with van der Waals surface area (Å²) >= 11 is 0. The Bertz CT molecular complexity index is 2840. The molecule has 6 aromatic rings. The SMILES string of the molecule is CC.CCC(=O)ON=C(N)c1ccc(CNC=O)cc1.CO/N=C/N.Cc1ccc(CNC(=O)c2ccc3c(c2)Cc2cc(C4CC4)ccc2C3)nc1.Cc1ccc2c(c1)Cc1cc(C3CC3)ccc1[C@@H]2O. The summed E-state index contributed by atoms with van der Waals surface area (Å²) in [6.45, 7) is 10.7. The molecule has 10 rings (SSSR count). The summed E-state index contributed by atoms with van der Waals surface area (Å²) in [4.78, 5) is 46.7. The third-order valence-corrected chi connectivity index (χ3v) is 12.7. The van der Waals surface area contributed by atoms with Gasteiger partial charge in [0.15, 0.2) is 5.84 Å². The van der Waals surface area contributed by atoms with Crippen LogP contribution in [-0.4, -0.2) is 47.7 Å². The fourth-order valence-corrected chi connectivity index (χ4v) is 8.52. The summed E-state index contributed by atoms with van der Waals surface area (Å²) in [6.07, 6.45) is 11.5. The second-order valence-corrected chi connectivity index (χ2v) is 18.1. The predicted molar refractivity (Wildman–Crippen MR) is 285 cm³/mol. The van der Waals surface area contributed by atoms with Crippen molar-refractivity contribution in [3.05, 3.63) is 205 Å². The van der Waals surface area contributed by atoms with E-state index in [1.54, 1.807) is 31.2 Å². The number of aliphatic hydroxyl groups excluding tert-OH is 1. The van der Waals surface area contributed by atoms with Crippen LogP contribution < -0.4 is 22.1 Å². The number of carbonyl (C=O) groups excluding carboxylic acids is 3. The number of pyridine rings is 1. The van der Waals surface area contributed by atoms with Gasteiger partial charge in [0.05, 0.1) is 12.2 Å². The Balaban J connectivity index is 0.000000170. The van der Waals surface area contributed by atoms with Gasteiger partial charge in [-0.3, -0.25) is 14.6 Å². The van der Waals surface area contributed by atoms with Crippen LogP contribution in [0.25, 0.3) is 0 Å². The number of nitrogens with two attached hydrogens (primary N) is 2. The van der Waals surface area contributed by atoms with E-state index < -0.39 is 12.1 Å². The zero-order valence-corrected chi connectivity index (χ0v) is 42.4. The molecular formula is C59H69N7O6. The van der Waals surface area contributed by atoms with Gasteiger partial charge in [0, 0.05) is 30.3 Å². The molecule has 13 heteroatoms. The van der Waals surface area contributed by atoms with E-state index >= 15 is 0 Å². The average molecular weight is 972 g/mol. The second-order valence-electron chi connectivity index (χ2n) is 18.1. The first kappa shape index (κ1) is 53.7. The highest BCUT2D eigenvalue weighted by Crippen LogP contribution is 2.44. The quantitative estimate of drug-likeness (QED) is 0.0260. The number of aryl methyl sites for hydroxylation is 2. The minimum atomic E-state index is -0.451. The van der Waals surface area contributed by atoms with E-state index in [1.165, 1.54) is 82.9 Å². The van der Waals surface area contributed by atoms with Crippen LogP contribution in [0.4, 0.5) is 0 Å².